The van der Waals surface area contributed by atoms with Crippen LogP contribution in [0.4, 0.5) is 0 Å². The van der Waals surface area contributed by atoms with Crippen LogP contribution in [-0.2, 0) is 0 Å². The first-order chi connectivity index (χ1) is 32.3. The van der Waals surface area contributed by atoms with Crippen molar-refractivity contribution in [2.45, 2.75) is 0 Å². The molecule has 13 aromatic rings. The van der Waals surface area contributed by atoms with Gasteiger partial charge < -0.3 is 0 Å². The number of benzene rings is 10. The van der Waals surface area contributed by atoms with E-state index in [0.717, 1.165) is 27.8 Å². The van der Waals surface area contributed by atoms with Gasteiger partial charge in [0.25, 0.3) is 0 Å². The third-order valence-electron chi connectivity index (χ3n) is 13.2. The molecule has 0 aliphatic heterocycles. The molecule has 0 bridgehead atoms. The molecule has 0 N–H and O–H groups in total. The molecular weight excluding hydrogens is 852 g/mol. The number of hydrogen-bond acceptors (Lipinski definition) is 2. The number of aromatic nitrogens is 2. The minimum atomic E-state index is 0.132. The Hall–Kier alpha value is -7.94. The van der Waals surface area contributed by atoms with E-state index in [0.29, 0.717) is 0 Å². The molecule has 302 valence electrons. The number of nitrogens with zero attached hydrogens (tertiary/aromatic N) is 2. The molecule has 13 rings (SSSR count). The monoisotopic (exact) mass is 890 g/mol. The average Bonchev–Trinajstić information content (AvgIpc) is 3.78. The van der Waals surface area contributed by atoms with Crippen molar-refractivity contribution in [2.24, 2.45) is 0 Å². The number of rotatable bonds is 6. The molecule has 3 heterocycles. The Morgan fingerprint density at radius 1 is 0.262 bits per heavy atom. The van der Waals surface area contributed by atoms with Crippen LogP contribution in [0, 0.1) is 0 Å². The standard InChI is InChI=1S/C62H38N2Se/c1-2-16-39(17-3-1)57-45-20-4-8-24-49(45)59(50-25-9-5-21-46(50)57)53-28-12-30-55-61(53)62-54(29-13-31-56(62)65-55)60-51-26-10-6-22-47(51)58(48-23-7-11-27-52(48)60)44-35-42(40-18-14-32-63-37-40)34-43(36-44)41-19-15-33-64-38-41/h1-38H. The normalized spacial score (nSPS) is 11.7. The maximum atomic E-state index is 4.52. The van der Waals surface area contributed by atoms with Crippen molar-refractivity contribution in [1.82, 2.24) is 9.97 Å². The van der Waals surface area contributed by atoms with Gasteiger partial charge in [0.2, 0.25) is 0 Å². The Kier molecular flexibility index (Phi) is 8.91. The zero-order valence-corrected chi connectivity index (χ0v) is 37.0. The molecule has 2 nitrogen and oxygen atoms in total. The molecule has 65 heavy (non-hydrogen) atoms. The Bertz CT molecular complexity index is 3810. The van der Waals surface area contributed by atoms with Crippen LogP contribution >= 0.6 is 0 Å². The van der Waals surface area contributed by atoms with Gasteiger partial charge in [0, 0.05) is 12.4 Å². The van der Waals surface area contributed by atoms with E-state index in [2.05, 4.69) is 204 Å². The summed E-state index contributed by atoms with van der Waals surface area (Å²) < 4.78 is 2.85. The number of pyridine rings is 2. The first-order valence-corrected chi connectivity index (χ1v) is 23.8. The molecule has 0 saturated heterocycles. The van der Waals surface area contributed by atoms with Gasteiger partial charge in [0.05, 0.1) is 0 Å². The third kappa shape index (κ3) is 6.09. The van der Waals surface area contributed by atoms with E-state index in [1.54, 1.807) is 0 Å². The van der Waals surface area contributed by atoms with Crippen molar-refractivity contribution in [3.05, 3.63) is 231 Å². The fourth-order valence-electron chi connectivity index (χ4n) is 10.5. The summed E-state index contributed by atoms with van der Waals surface area (Å²) in [6.45, 7) is 0. The van der Waals surface area contributed by atoms with E-state index in [4.69, 9.17) is 0 Å². The van der Waals surface area contributed by atoms with Gasteiger partial charge in [-0.2, -0.15) is 0 Å². The fourth-order valence-corrected chi connectivity index (χ4v) is 12.9. The molecule has 0 spiro atoms. The second-order valence-corrected chi connectivity index (χ2v) is 19.1. The molecule has 3 heteroatoms. The molecule has 0 fully saturated rings. The molecule has 0 radical (unpaired) electrons. The van der Waals surface area contributed by atoms with Gasteiger partial charge >= 0.3 is 350 Å². The SMILES string of the molecule is c1ccc(-c2c3ccccc3c(-c3cccc4[se]c5cccc(-c6c7ccccc7c(-c7cc(-c8cccnc8)cc(-c8cccnc8)c7)c7ccccc67)c5c34)c3ccccc23)cc1. The predicted molar refractivity (Wildman–Crippen MR) is 277 cm³/mol. The van der Waals surface area contributed by atoms with Crippen molar-refractivity contribution in [3.63, 3.8) is 0 Å². The van der Waals surface area contributed by atoms with E-state index >= 15 is 0 Å². The van der Waals surface area contributed by atoms with Gasteiger partial charge in [0.15, 0.2) is 0 Å². The number of hydrogen-bond donors (Lipinski definition) is 0. The summed E-state index contributed by atoms with van der Waals surface area (Å²) in [5.74, 6) is 0. The van der Waals surface area contributed by atoms with Gasteiger partial charge in [-0.15, -0.1) is 0 Å². The van der Waals surface area contributed by atoms with Crippen molar-refractivity contribution in [1.29, 1.82) is 0 Å². The Morgan fingerprint density at radius 2 is 0.615 bits per heavy atom. The summed E-state index contributed by atoms with van der Waals surface area (Å²) in [6.07, 6.45) is 7.59. The molecule has 3 aromatic heterocycles. The van der Waals surface area contributed by atoms with Crippen LogP contribution < -0.4 is 0 Å². The Morgan fingerprint density at radius 3 is 1.02 bits per heavy atom. The molecule has 0 amide bonds. The topological polar surface area (TPSA) is 25.8 Å². The fraction of sp³-hybridized carbons (Fsp3) is 0. The van der Waals surface area contributed by atoms with Crippen LogP contribution in [0.2, 0.25) is 0 Å². The molecule has 0 aliphatic carbocycles. The molecule has 0 aliphatic rings. The summed E-state index contributed by atoms with van der Waals surface area (Å²) in [7, 11) is 0. The summed E-state index contributed by atoms with van der Waals surface area (Å²) in [5.41, 5.74) is 14.5. The quantitative estimate of drug-likeness (QED) is 0.123. The minimum absolute atomic E-state index is 0.132. The summed E-state index contributed by atoms with van der Waals surface area (Å²) in [6, 6.07) is 76.4. The van der Waals surface area contributed by atoms with Crippen LogP contribution in [0.25, 0.3) is 129 Å². The van der Waals surface area contributed by atoms with E-state index in [9.17, 15) is 0 Å². The van der Waals surface area contributed by atoms with Crippen molar-refractivity contribution in [2.75, 3.05) is 0 Å². The molecule has 0 unspecified atom stereocenters. The zero-order chi connectivity index (χ0) is 42.8. The van der Waals surface area contributed by atoms with E-state index in [1.807, 2.05) is 36.9 Å². The van der Waals surface area contributed by atoms with Crippen LogP contribution in [-0.4, -0.2) is 24.5 Å². The van der Waals surface area contributed by atoms with Crippen LogP contribution in [0.15, 0.2) is 231 Å². The van der Waals surface area contributed by atoms with Gasteiger partial charge in [-0.25, -0.2) is 0 Å². The summed E-state index contributed by atoms with van der Waals surface area (Å²) in [5, 5.41) is 12.8. The van der Waals surface area contributed by atoms with Crippen molar-refractivity contribution in [3.8, 4) is 66.8 Å². The zero-order valence-electron chi connectivity index (χ0n) is 35.2. The first-order valence-electron chi connectivity index (χ1n) is 22.1. The molecule has 0 atom stereocenters. The summed E-state index contributed by atoms with van der Waals surface area (Å²) >= 11 is 0.132. The molecule has 0 saturated carbocycles. The average molecular weight is 890 g/mol. The van der Waals surface area contributed by atoms with Gasteiger partial charge in [-0.3, -0.25) is 9.97 Å². The Balaban J connectivity index is 1.12. The number of fused-ring (bicyclic) bond motifs is 7. The second-order valence-electron chi connectivity index (χ2n) is 16.8. The van der Waals surface area contributed by atoms with E-state index in [1.165, 1.54) is 101 Å². The van der Waals surface area contributed by atoms with Gasteiger partial charge in [0.1, 0.15) is 0 Å². The second kappa shape index (κ2) is 15.4. The first kappa shape index (κ1) is 37.6. The van der Waals surface area contributed by atoms with Crippen LogP contribution in [0.1, 0.15) is 0 Å². The van der Waals surface area contributed by atoms with E-state index < -0.39 is 0 Å². The van der Waals surface area contributed by atoms with Crippen LogP contribution in [0.3, 0.4) is 0 Å². The third-order valence-corrected chi connectivity index (χ3v) is 15.5. The van der Waals surface area contributed by atoms with Gasteiger partial charge in [-0.1, -0.05) is 0 Å². The predicted octanol–water partition coefficient (Wildman–Crippen LogP) is 16.5. The van der Waals surface area contributed by atoms with Crippen LogP contribution in [0.5, 0.6) is 0 Å². The molecule has 10 aromatic carbocycles. The van der Waals surface area contributed by atoms with Crippen molar-refractivity contribution >= 4 is 76.9 Å². The van der Waals surface area contributed by atoms with Crippen molar-refractivity contribution < 1.29 is 0 Å². The molecular formula is C62H38N2Se. The van der Waals surface area contributed by atoms with Gasteiger partial charge in [-0.05, 0) is 12.1 Å². The Labute approximate surface area is 382 Å². The summed E-state index contributed by atoms with van der Waals surface area (Å²) in [4.78, 5) is 9.03. The van der Waals surface area contributed by atoms with E-state index in [-0.39, 0.29) is 14.5 Å². The maximum absolute atomic E-state index is 4.52.